The van der Waals surface area contributed by atoms with Crippen molar-refractivity contribution in [1.82, 2.24) is 4.31 Å². The van der Waals surface area contributed by atoms with E-state index >= 15 is 0 Å². The van der Waals surface area contributed by atoms with E-state index in [4.69, 9.17) is 0 Å². The molecule has 1 aliphatic rings. The minimum atomic E-state index is -2.99. The largest absolute Gasteiger partial charge is 0.213 e. The number of rotatable bonds is 6. The molecule has 1 saturated heterocycles. The number of halogens is 1. The van der Waals surface area contributed by atoms with Gasteiger partial charge >= 0.3 is 0 Å². The van der Waals surface area contributed by atoms with Crippen molar-refractivity contribution < 1.29 is 8.42 Å². The van der Waals surface area contributed by atoms with E-state index in [1.54, 1.807) is 4.31 Å². The van der Waals surface area contributed by atoms with E-state index in [1.165, 1.54) is 19.1 Å². The van der Waals surface area contributed by atoms with Crippen LogP contribution in [-0.2, 0) is 10.0 Å². The lowest BCUT2D eigenvalue weighted by atomic mass is 9.92. The van der Waals surface area contributed by atoms with Crippen LogP contribution in [0.15, 0.2) is 0 Å². The first-order valence-corrected chi connectivity index (χ1v) is 9.64. The highest BCUT2D eigenvalue weighted by molar-refractivity contribution is 9.09. The summed E-state index contributed by atoms with van der Waals surface area (Å²) >= 11 is 3.73. The first-order valence-electron chi connectivity index (χ1n) is 6.88. The van der Waals surface area contributed by atoms with Crippen LogP contribution in [0, 0.1) is 11.8 Å². The number of hydrogen-bond donors (Lipinski definition) is 0. The Balaban J connectivity index is 2.35. The van der Waals surface area contributed by atoms with Gasteiger partial charge < -0.3 is 0 Å². The molecule has 1 aliphatic heterocycles. The Bertz CT molecular complexity index is 343. The monoisotopic (exact) mass is 339 g/mol. The van der Waals surface area contributed by atoms with Crippen LogP contribution in [0.3, 0.4) is 0 Å². The second-order valence-electron chi connectivity index (χ2n) is 5.93. The van der Waals surface area contributed by atoms with Gasteiger partial charge in [0, 0.05) is 17.9 Å². The Morgan fingerprint density at radius 1 is 1.39 bits per heavy atom. The minimum absolute atomic E-state index is 0.542. The predicted molar refractivity (Wildman–Crippen MR) is 80.5 cm³/mol. The maximum Gasteiger partial charge on any atom is 0.211 e. The third-order valence-corrected chi connectivity index (χ3v) is 5.67. The Morgan fingerprint density at radius 2 is 2.06 bits per heavy atom. The zero-order valence-electron chi connectivity index (χ0n) is 11.7. The zero-order chi connectivity index (χ0) is 13.8. The maximum absolute atomic E-state index is 11.5. The molecule has 0 radical (unpaired) electrons. The Labute approximate surface area is 121 Å². The van der Waals surface area contributed by atoms with Gasteiger partial charge in [0.1, 0.15) is 0 Å². The highest BCUT2D eigenvalue weighted by Crippen LogP contribution is 2.26. The highest BCUT2D eigenvalue weighted by Gasteiger charge is 2.25. The molecule has 1 fully saturated rings. The van der Waals surface area contributed by atoms with Gasteiger partial charge in [0.15, 0.2) is 0 Å². The van der Waals surface area contributed by atoms with E-state index in [1.807, 2.05) is 0 Å². The number of alkyl halides is 1. The quantitative estimate of drug-likeness (QED) is 0.696. The van der Waals surface area contributed by atoms with Crippen LogP contribution in [0.1, 0.15) is 46.0 Å². The van der Waals surface area contributed by atoms with E-state index in [2.05, 4.69) is 29.8 Å². The van der Waals surface area contributed by atoms with Crippen molar-refractivity contribution in [2.45, 2.75) is 50.8 Å². The van der Waals surface area contributed by atoms with Crippen LogP contribution in [0.4, 0.5) is 0 Å². The fraction of sp³-hybridized carbons (Fsp3) is 1.00. The molecule has 0 saturated carbocycles. The number of hydrogen-bond acceptors (Lipinski definition) is 2. The summed E-state index contributed by atoms with van der Waals surface area (Å²) in [6.45, 7) is 5.90. The number of piperidine rings is 1. The molecule has 0 bridgehead atoms. The highest BCUT2D eigenvalue weighted by atomic mass is 79.9. The Morgan fingerprint density at radius 3 is 2.61 bits per heavy atom. The van der Waals surface area contributed by atoms with E-state index in [-0.39, 0.29) is 0 Å². The van der Waals surface area contributed by atoms with Gasteiger partial charge in [-0.3, -0.25) is 0 Å². The first-order chi connectivity index (χ1) is 8.29. The van der Waals surface area contributed by atoms with Gasteiger partial charge in [-0.2, -0.15) is 0 Å². The second-order valence-corrected chi connectivity index (χ2v) is 9.21. The van der Waals surface area contributed by atoms with Crippen molar-refractivity contribution in [2.75, 3.05) is 19.3 Å². The van der Waals surface area contributed by atoms with E-state index in [9.17, 15) is 8.42 Å². The molecule has 0 aliphatic carbocycles. The summed E-state index contributed by atoms with van der Waals surface area (Å²) in [5, 5.41) is 0. The lowest BCUT2D eigenvalue weighted by Gasteiger charge is -2.31. The van der Waals surface area contributed by atoms with Gasteiger partial charge in [-0.25, -0.2) is 12.7 Å². The molecule has 0 spiro atoms. The van der Waals surface area contributed by atoms with Gasteiger partial charge in [-0.05, 0) is 43.9 Å². The van der Waals surface area contributed by atoms with Crippen molar-refractivity contribution >= 4 is 26.0 Å². The van der Waals surface area contributed by atoms with Crippen molar-refractivity contribution in [1.29, 1.82) is 0 Å². The summed E-state index contributed by atoms with van der Waals surface area (Å²) in [5.41, 5.74) is 0. The maximum atomic E-state index is 11.5. The third-order valence-electron chi connectivity index (χ3n) is 3.57. The summed E-state index contributed by atoms with van der Waals surface area (Å²) in [6, 6.07) is 0. The Hall–Kier alpha value is 0.390. The summed E-state index contributed by atoms with van der Waals surface area (Å²) in [5.74, 6) is 1.26. The molecule has 2 unspecified atom stereocenters. The molecule has 0 aromatic rings. The van der Waals surface area contributed by atoms with E-state index in [0.29, 0.717) is 23.2 Å². The molecule has 18 heavy (non-hydrogen) atoms. The first kappa shape index (κ1) is 16.4. The Kier molecular flexibility index (Phi) is 6.62. The minimum Gasteiger partial charge on any atom is -0.213 e. The normalized spacial score (nSPS) is 24.4. The van der Waals surface area contributed by atoms with Crippen LogP contribution in [-0.4, -0.2) is 36.9 Å². The van der Waals surface area contributed by atoms with E-state index < -0.39 is 10.0 Å². The average Bonchev–Trinajstić information content (AvgIpc) is 2.25. The molecule has 0 aromatic heterocycles. The van der Waals surface area contributed by atoms with Crippen LogP contribution in [0.2, 0.25) is 0 Å². The molecule has 0 N–H and O–H groups in total. The lowest BCUT2D eigenvalue weighted by molar-refractivity contribution is 0.252. The number of sulfonamides is 1. The summed E-state index contributed by atoms with van der Waals surface area (Å²) in [6.07, 6.45) is 6.99. The topological polar surface area (TPSA) is 37.4 Å². The van der Waals surface area contributed by atoms with Gasteiger partial charge in [-0.1, -0.05) is 29.8 Å². The smallest absolute Gasteiger partial charge is 0.211 e. The molecule has 0 amide bonds. The van der Waals surface area contributed by atoms with Crippen molar-refractivity contribution in [3.63, 3.8) is 0 Å². The SMILES string of the molecule is CC(C)CC(Br)CCC1CCCN(S(C)(=O)=O)C1. The van der Waals surface area contributed by atoms with Gasteiger partial charge in [-0.15, -0.1) is 0 Å². The van der Waals surface area contributed by atoms with Crippen LogP contribution in [0.5, 0.6) is 0 Å². The second kappa shape index (κ2) is 7.25. The standard InChI is InChI=1S/C13H26BrNO2S/c1-11(2)9-13(14)7-6-12-5-4-8-15(10-12)18(3,16)17/h11-13H,4-10H2,1-3H3. The van der Waals surface area contributed by atoms with Crippen molar-refractivity contribution in [3.8, 4) is 0 Å². The lowest BCUT2D eigenvalue weighted by Crippen LogP contribution is -2.39. The molecule has 108 valence electrons. The van der Waals surface area contributed by atoms with E-state index in [0.717, 1.165) is 25.8 Å². The van der Waals surface area contributed by atoms with Crippen LogP contribution < -0.4 is 0 Å². The molecule has 5 heteroatoms. The molecular formula is C13H26BrNO2S. The third kappa shape index (κ3) is 6.02. The summed E-state index contributed by atoms with van der Waals surface area (Å²) < 4.78 is 24.7. The molecule has 3 nitrogen and oxygen atoms in total. The fourth-order valence-corrected chi connectivity index (χ4v) is 4.56. The molecular weight excluding hydrogens is 314 g/mol. The molecule has 1 heterocycles. The van der Waals surface area contributed by atoms with Gasteiger partial charge in [0.05, 0.1) is 6.26 Å². The van der Waals surface area contributed by atoms with Crippen LogP contribution >= 0.6 is 15.9 Å². The molecule has 0 aromatic carbocycles. The average molecular weight is 340 g/mol. The number of nitrogens with zero attached hydrogens (tertiary/aromatic N) is 1. The van der Waals surface area contributed by atoms with Crippen molar-refractivity contribution in [2.24, 2.45) is 11.8 Å². The predicted octanol–water partition coefficient (Wildman–Crippen LogP) is 3.25. The summed E-state index contributed by atoms with van der Waals surface area (Å²) in [4.78, 5) is 0.575. The molecule has 1 rings (SSSR count). The zero-order valence-corrected chi connectivity index (χ0v) is 14.1. The van der Waals surface area contributed by atoms with Crippen LogP contribution in [0.25, 0.3) is 0 Å². The van der Waals surface area contributed by atoms with Gasteiger partial charge in [0.25, 0.3) is 0 Å². The summed E-state index contributed by atoms with van der Waals surface area (Å²) in [7, 11) is -2.99. The van der Waals surface area contributed by atoms with Crippen molar-refractivity contribution in [3.05, 3.63) is 0 Å². The fourth-order valence-electron chi connectivity index (χ4n) is 2.61. The van der Waals surface area contributed by atoms with Gasteiger partial charge in [0.2, 0.25) is 10.0 Å². The molecule has 2 atom stereocenters.